The molecule has 0 saturated heterocycles. The fourth-order valence-corrected chi connectivity index (χ4v) is 3.63. The highest BCUT2D eigenvalue weighted by molar-refractivity contribution is 7.92. The van der Waals surface area contributed by atoms with Crippen molar-refractivity contribution < 1.29 is 17.6 Å². The summed E-state index contributed by atoms with van der Waals surface area (Å²) in [6, 6.07) is 3.63. The molecule has 0 atom stereocenters. The minimum absolute atomic E-state index is 0.0258. The summed E-state index contributed by atoms with van der Waals surface area (Å²) in [5.74, 6) is -0.720. The average molecular weight is 271 g/mol. The largest absolute Gasteiger partial charge is 0.294 e. The molecule has 0 fully saturated rings. The number of Topliss-reactive ketones (excluding diaryl/α,β-unsaturated/α-hetero) is 1. The number of hydrogen-bond acceptors (Lipinski definition) is 3. The molecule has 1 aromatic rings. The summed E-state index contributed by atoms with van der Waals surface area (Å²) in [7, 11) is -3.42. The van der Waals surface area contributed by atoms with Gasteiger partial charge in [-0.1, -0.05) is 6.92 Å². The molecule has 6 heteroatoms. The summed E-state index contributed by atoms with van der Waals surface area (Å²) in [4.78, 5) is 11.7. The fourth-order valence-electron chi connectivity index (χ4n) is 2.06. The number of ketones is 1. The molecule has 0 saturated carbocycles. The summed E-state index contributed by atoms with van der Waals surface area (Å²) in [5.41, 5.74) is 0.446. The molecule has 0 unspecified atom stereocenters. The zero-order valence-corrected chi connectivity index (χ0v) is 10.8. The van der Waals surface area contributed by atoms with E-state index in [1.807, 2.05) is 0 Å². The quantitative estimate of drug-likeness (QED) is 0.844. The van der Waals surface area contributed by atoms with Gasteiger partial charge >= 0.3 is 0 Å². The molecule has 98 valence electrons. The lowest BCUT2D eigenvalue weighted by Crippen LogP contribution is -2.38. The Balaban J connectivity index is 2.50. The Morgan fingerprint density at radius 3 is 2.78 bits per heavy atom. The van der Waals surface area contributed by atoms with Gasteiger partial charge in [0.15, 0.2) is 5.78 Å². The van der Waals surface area contributed by atoms with Crippen LogP contribution in [0.25, 0.3) is 0 Å². The second kappa shape index (κ2) is 4.68. The van der Waals surface area contributed by atoms with Crippen LogP contribution in [0.3, 0.4) is 0 Å². The van der Waals surface area contributed by atoms with Gasteiger partial charge in [-0.05, 0) is 24.6 Å². The molecule has 18 heavy (non-hydrogen) atoms. The Morgan fingerprint density at radius 1 is 1.39 bits per heavy atom. The number of hydrogen-bond donors (Lipinski definition) is 0. The van der Waals surface area contributed by atoms with E-state index in [-0.39, 0.29) is 30.1 Å². The summed E-state index contributed by atoms with van der Waals surface area (Å²) >= 11 is 0. The summed E-state index contributed by atoms with van der Waals surface area (Å²) in [6.45, 7) is 1.91. The van der Waals surface area contributed by atoms with Crippen molar-refractivity contribution in [2.45, 2.75) is 19.8 Å². The SMILES string of the molecule is CCCS(=O)(=O)N1CCC(=O)c2cc(F)ccc21. The third-order valence-electron chi connectivity index (χ3n) is 2.87. The van der Waals surface area contributed by atoms with E-state index in [4.69, 9.17) is 0 Å². The van der Waals surface area contributed by atoms with Crippen molar-refractivity contribution in [1.82, 2.24) is 0 Å². The Bertz CT molecular complexity index is 583. The maximum atomic E-state index is 13.1. The first-order chi connectivity index (χ1) is 8.45. The molecule has 0 spiro atoms. The van der Waals surface area contributed by atoms with Crippen molar-refractivity contribution in [3.63, 3.8) is 0 Å². The van der Waals surface area contributed by atoms with E-state index in [1.54, 1.807) is 6.92 Å². The summed E-state index contributed by atoms with van der Waals surface area (Å²) in [5, 5.41) is 0. The molecule has 0 bridgehead atoms. The Labute approximate surface area is 105 Å². The van der Waals surface area contributed by atoms with Crippen molar-refractivity contribution in [3.8, 4) is 0 Å². The number of rotatable bonds is 3. The van der Waals surface area contributed by atoms with Crippen LogP contribution in [0.15, 0.2) is 18.2 Å². The normalized spacial score (nSPS) is 15.7. The molecule has 0 amide bonds. The first-order valence-electron chi connectivity index (χ1n) is 5.79. The number of anilines is 1. The van der Waals surface area contributed by atoms with Gasteiger partial charge in [0.25, 0.3) is 0 Å². The van der Waals surface area contributed by atoms with E-state index in [1.165, 1.54) is 16.4 Å². The van der Waals surface area contributed by atoms with Crippen molar-refractivity contribution in [2.75, 3.05) is 16.6 Å². The van der Waals surface area contributed by atoms with Gasteiger partial charge in [-0.3, -0.25) is 9.10 Å². The smallest absolute Gasteiger partial charge is 0.235 e. The molecular weight excluding hydrogens is 257 g/mol. The van der Waals surface area contributed by atoms with Gasteiger partial charge in [-0.2, -0.15) is 0 Å². The van der Waals surface area contributed by atoms with Crippen molar-refractivity contribution >= 4 is 21.5 Å². The minimum Gasteiger partial charge on any atom is -0.294 e. The molecule has 1 aliphatic rings. The third-order valence-corrected chi connectivity index (χ3v) is 4.84. The zero-order chi connectivity index (χ0) is 13.3. The van der Waals surface area contributed by atoms with Crippen LogP contribution >= 0.6 is 0 Å². The molecule has 2 rings (SSSR count). The van der Waals surface area contributed by atoms with Crippen molar-refractivity contribution in [2.24, 2.45) is 0 Å². The molecule has 1 heterocycles. The molecule has 1 aromatic carbocycles. The maximum Gasteiger partial charge on any atom is 0.235 e. The van der Waals surface area contributed by atoms with Crippen LogP contribution in [0.1, 0.15) is 30.1 Å². The maximum absolute atomic E-state index is 13.1. The second-order valence-corrected chi connectivity index (χ2v) is 6.24. The predicted molar refractivity (Wildman–Crippen MR) is 66.8 cm³/mol. The standard InChI is InChI=1S/C12H14FNO3S/c1-2-7-18(16,17)14-6-5-12(15)10-8-9(13)3-4-11(10)14/h3-4,8H,2,5-7H2,1H3. The first-order valence-corrected chi connectivity index (χ1v) is 7.40. The molecule has 0 aromatic heterocycles. The highest BCUT2D eigenvalue weighted by atomic mass is 32.2. The predicted octanol–water partition coefficient (Wildman–Crippen LogP) is 1.96. The molecule has 0 aliphatic carbocycles. The third kappa shape index (κ3) is 2.25. The Hall–Kier alpha value is -1.43. The average Bonchev–Trinajstić information content (AvgIpc) is 2.30. The Kier molecular flexibility index (Phi) is 3.38. The van der Waals surface area contributed by atoms with Gasteiger partial charge in [-0.25, -0.2) is 12.8 Å². The van der Waals surface area contributed by atoms with Gasteiger partial charge in [0, 0.05) is 18.5 Å². The molecule has 0 N–H and O–H groups in total. The van der Waals surface area contributed by atoms with E-state index >= 15 is 0 Å². The van der Waals surface area contributed by atoms with Crippen LogP contribution in [0.4, 0.5) is 10.1 Å². The lowest BCUT2D eigenvalue weighted by Gasteiger charge is -2.29. The van der Waals surface area contributed by atoms with Crippen LogP contribution in [-0.2, 0) is 10.0 Å². The van der Waals surface area contributed by atoms with Gasteiger partial charge < -0.3 is 0 Å². The fraction of sp³-hybridized carbons (Fsp3) is 0.417. The van der Waals surface area contributed by atoms with Crippen LogP contribution in [0, 0.1) is 5.82 Å². The van der Waals surface area contributed by atoms with Gasteiger partial charge in [0.1, 0.15) is 5.82 Å². The zero-order valence-electron chi connectivity index (χ0n) is 10.0. The highest BCUT2D eigenvalue weighted by Crippen LogP contribution is 2.30. The van der Waals surface area contributed by atoms with Gasteiger partial charge in [0.05, 0.1) is 11.4 Å². The van der Waals surface area contributed by atoms with Crippen LogP contribution in [0.5, 0.6) is 0 Å². The summed E-state index contributed by atoms with van der Waals surface area (Å²) < 4.78 is 38.5. The molecule has 1 aliphatic heterocycles. The lowest BCUT2D eigenvalue weighted by atomic mass is 10.0. The van der Waals surface area contributed by atoms with Crippen molar-refractivity contribution in [3.05, 3.63) is 29.6 Å². The molecule has 4 nitrogen and oxygen atoms in total. The van der Waals surface area contributed by atoms with E-state index in [2.05, 4.69) is 0 Å². The number of nitrogens with zero attached hydrogens (tertiary/aromatic N) is 1. The van der Waals surface area contributed by atoms with E-state index in [9.17, 15) is 17.6 Å². The van der Waals surface area contributed by atoms with E-state index in [0.29, 0.717) is 12.1 Å². The van der Waals surface area contributed by atoms with Crippen LogP contribution in [-0.4, -0.2) is 26.5 Å². The lowest BCUT2D eigenvalue weighted by molar-refractivity contribution is 0.0981. The Morgan fingerprint density at radius 2 is 2.11 bits per heavy atom. The van der Waals surface area contributed by atoms with Gasteiger partial charge in [0.2, 0.25) is 10.0 Å². The molecular formula is C12H14FNO3S. The number of fused-ring (bicyclic) bond motifs is 1. The summed E-state index contributed by atoms with van der Waals surface area (Å²) in [6.07, 6.45) is 0.600. The van der Waals surface area contributed by atoms with Crippen LogP contribution in [0.2, 0.25) is 0 Å². The molecule has 0 radical (unpaired) electrons. The van der Waals surface area contributed by atoms with Crippen LogP contribution < -0.4 is 4.31 Å². The van der Waals surface area contributed by atoms with E-state index in [0.717, 1.165) is 6.07 Å². The second-order valence-electron chi connectivity index (χ2n) is 4.22. The monoisotopic (exact) mass is 271 g/mol. The van der Waals surface area contributed by atoms with Gasteiger partial charge in [-0.15, -0.1) is 0 Å². The number of carbonyl (C=O) groups excluding carboxylic acids is 1. The number of halogens is 1. The minimum atomic E-state index is -3.42. The van der Waals surface area contributed by atoms with E-state index < -0.39 is 15.8 Å². The topological polar surface area (TPSA) is 54.5 Å². The first kappa shape index (κ1) is 13.0. The number of carbonyl (C=O) groups is 1. The highest BCUT2D eigenvalue weighted by Gasteiger charge is 2.30. The number of benzene rings is 1. The van der Waals surface area contributed by atoms with Crippen molar-refractivity contribution in [1.29, 1.82) is 0 Å². The number of sulfonamides is 1.